The molecule has 0 spiro atoms. The predicted molar refractivity (Wildman–Crippen MR) is 181 cm³/mol. The van der Waals surface area contributed by atoms with Crippen molar-refractivity contribution >= 4 is 41.0 Å². The van der Waals surface area contributed by atoms with Crippen molar-refractivity contribution in [2.45, 2.75) is 101 Å². The lowest BCUT2D eigenvalue weighted by Gasteiger charge is -2.43. The number of nitrogens with one attached hydrogen (secondary N) is 1. The second kappa shape index (κ2) is 15.5. The van der Waals surface area contributed by atoms with Crippen LogP contribution >= 0.6 is 0 Å². The second-order valence-electron chi connectivity index (χ2n) is 13.9. The van der Waals surface area contributed by atoms with E-state index >= 15 is 0 Å². The number of amides is 3. The zero-order valence-corrected chi connectivity index (χ0v) is 29.9. The average molecular weight is 769 g/mol. The van der Waals surface area contributed by atoms with E-state index in [0.717, 1.165) is 0 Å². The molecule has 0 aromatic heterocycles. The van der Waals surface area contributed by atoms with Crippen LogP contribution in [-0.2, 0) is 44.7 Å². The minimum Gasteiger partial charge on any atom is -0.507 e. The highest BCUT2D eigenvalue weighted by Gasteiger charge is 2.50. The van der Waals surface area contributed by atoms with E-state index in [1.807, 2.05) is 0 Å². The van der Waals surface area contributed by atoms with Crippen LogP contribution in [0.1, 0.15) is 107 Å². The molecule has 0 saturated carbocycles. The molecule has 18 heteroatoms. The number of ketones is 3. The van der Waals surface area contributed by atoms with Crippen LogP contribution in [0.2, 0.25) is 0 Å². The van der Waals surface area contributed by atoms with E-state index in [1.54, 1.807) is 0 Å². The summed E-state index contributed by atoms with van der Waals surface area (Å²) < 4.78 is 17.3. The van der Waals surface area contributed by atoms with E-state index in [2.05, 4.69) is 5.32 Å². The maximum absolute atomic E-state index is 13.9. The minimum atomic E-state index is -2.37. The zero-order valence-electron chi connectivity index (χ0n) is 29.9. The maximum atomic E-state index is 13.9. The third-order valence-corrected chi connectivity index (χ3v) is 10.3. The number of phenols is 2. The Hall–Kier alpha value is -5.27. The number of fused-ring (bicyclic) bond motifs is 3. The molecule has 294 valence electrons. The molecule has 18 nitrogen and oxygen atoms in total. The topological polar surface area (TPSA) is 273 Å². The summed E-state index contributed by atoms with van der Waals surface area (Å²) >= 11 is 0. The van der Waals surface area contributed by atoms with E-state index in [0.29, 0.717) is 5.06 Å². The van der Waals surface area contributed by atoms with Crippen LogP contribution < -0.4 is 10.1 Å². The molecular weight excluding hydrogens is 728 g/mol. The van der Waals surface area contributed by atoms with Crippen molar-refractivity contribution in [3.05, 3.63) is 51.6 Å². The molecule has 0 bridgehead atoms. The number of hydroxylamine groups is 2. The maximum Gasteiger partial charge on any atom is 0.333 e. The molecule has 4 unspecified atom stereocenters. The fourth-order valence-corrected chi connectivity index (χ4v) is 7.50. The third kappa shape index (κ3) is 7.30. The molecule has 2 aromatic carbocycles. The lowest BCUT2D eigenvalue weighted by atomic mass is 9.72. The number of unbranched alkanes of at least 4 members (excludes halogenated alkanes) is 1. The number of nitrogens with zero attached hydrogens (tertiary/aromatic N) is 1. The molecule has 2 aliphatic heterocycles. The Bertz CT molecular complexity index is 1960. The van der Waals surface area contributed by atoms with E-state index in [9.17, 15) is 59.1 Å². The van der Waals surface area contributed by atoms with Crippen molar-refractivity contribution in [3.63, 3.8) is 0 Å². The average Bonchev–Trinajstić information content (AvgIpc) is 3.46. The van der Waals surface area contributed by atoms with Gasteiger partial charge >= 0.3 is 5.97 Å². The smallest absolute Gasteiger partial charge is 0.333 e. The molecule has 2 fully saturated rings. The molecule has 3 amide bonds. The van der Waals surface area contributed by atoms with Crippen LogP contribution in [0.15, 0.2) is 18.2 Å². The van der Waals surface area contributed by atoms with Gasteiger partial charge in [0, 0.05) is 61.6 Å². The number of aliphatic hydroxyl groups is 3. The van der Waals surface area contributed by atoms with Crippen LogP contribution in [0.4, 0.5) is 0 Å². The van der Waals surface area contributed by atoms with E-state index in [-0.39, 0.29) is 72.9 Å². The first-order chi connectivity index (χ1) is 26.1. The fourth-order valence-electron chi connectivity index (χ4n) is 7.50. The first-order valence-electron chi connectivity index (χ1n) is 17.7. The number of phenolic OH excluding ortho intramolecular Hbond substituents is 2. The number of imide groups is 1. The summed E-state index contributed by atoms with van der Waals surface area (Å²) in [6.07, 6.45) is -6.37. The van der Waals surface area contributed by atoms with Gasteiger partial charge in [0.1, 0.15) is 35.6 Å². The molecule has 55 heavy (non-hydrogen) atoms. The number of ether oxygens (including phenoxy) is 3. The van der Waals surface area contributed by atoms with E-state index in [1.165, 1.54) is 32.2 Å². The van der Waals surface area contributed by atoms with Gasteiger partial charge in [-0.3, -0.25) is 28.8 Å². The first kappa shape index (κ1) is 39.4. The number of benzene rings is 2. The van der Waals surface area contributed by atoms with Crippen LogP contribution in [-0.4, -0.2) is 115 Å². The highest BCUT2D eigenvalue weighted by Crippen LogP contribution is 2.52. The minimum absolute atomic E-state index is 0.0421. The number of aliphatic hydroxyl groups excluding tert-OH is 2. The Kier molecular flexibility index (Phi) is 11.1. The van der Waals surface area contributed by atoms with Crippen molar-refractivity contribution in [2.24, 2.45) is 0 Å². The summed E-state index contributed by atoms with van der Waals surface area (Å²) in [6.45, 7) is 0.396. The van der Waals surface area contributed by atoms with Crippen molar-refractivity contribution < 1.29 is 78.1 Å². The molecule has 0 radical (unpaired) electrons. The second-order valence-corrected chi connectivity index (χ2v) is 13.9. The van der Waals surface area contributed by atoms with Crippen LogP contribution in [0.5, 0.6) is 17.2 Å². The van der Waals surface area contributed by atoms with Crippen molar-refractivity contribution in [2.75, 3.05) is 13.7 Å². The van der Waals surface area contributed by atoms with Crippen LogP contribution in [0.25, 0.3) is 0 Å². The number of rotatable bonds is 12. The Labute approximate surface area is 312 Å². The quantitative estimate of drug-likeness (QED) is 0.0823. The Balaban J connectivity index is 1.20. The molecule has 2 aromatic rings. The molecule has 2 saturated heterocycles. The van der Waals surface area contributed by atoms with Gasteiger partial charge in [0.05, 0.1) is 42.0 Å². The van der Waals surface area contributed by atoms with Gasteiger partial charge in [0.25, 0.3) is 11.8 Å². The summed E-state index contributed by atoms with van der Waals surface area (Å²) in [4.78, 5) is 93.6. The molecule has 6 atom stereocenters. The normalized spacial score (nSPS) is 25.9. The van der Waals surface area contributed by atoms with Crippen molar-refractivity contribution in [1.29, 1.82) is 0 Å². The number of hydrogen-bond acceptors (Lipinski definition) is 16. The lowest BCUT2D eigenvalue weighted by Crippen LogP contribution is -2.55. The summed E-state index contributed by atoms with van der Waals surface area (Å²) in [7, 11) is 1.29. The number of methoxy groups -OCH3 is 1. The van der Waals surface area contributed by atoms with Gasteiger partial charge in [0.2, 0.25) is 11.7 Å². The SMILES string of the molecule is COc1cccc2c1C(=O)c1c(O)c3c(c(O)c1C2=O)C[C@@](O)(C(=O)CO)C[C@@H]3OC1CC(NC(=O)CCCCC(=O)ON2C(=O)CCC2=O)C(O)C(C)O1. The van der Waals surface area contributed by atoms with Gasteiger partial charge in [-0.1, -0.05) is 12.1 Å². The standard InChI is InChI=1S/C37H40N2O16/c1-16-32(46)19(38-23(42)8-3-4-9-26(45)55-39-24(43)10-11-25(39)44)12-27(53-16)54-21-14-37(51,22(41)15-40)13-18-29(21)36(50)31-30(34(18)48)33(47)17-6-5-7-20(52-2)28(17)35(31)49/h5-7,16,19,21,27,32,40,46,48,50-51H,3-4,8-15H2,1-2H3,(H,38,42)/t16?,19?,21-,27?,32?,37-/m0/s1. The Morgan fingerprint density at radius 3 is 2.33 bits per heavy atom. The Morgan fingerprint density at radius 1 is 0.982 bits per heavy atom. The Morgan fingerprint density at radius 2 is 1.65 bits per heavy atom. The van der Waals surface area contributed by atoms with Gasteiger partial charge in [-0.05, 0) is 25.8 Å². The predicted octanol–water partition coefficient (Wildman–Crippen LogP) is 0.326. The molecule has 6 N–H and O–H groups in total. The fraction of sp³-hybridized carbons (Fsp3) is 0.486. The van der Waals surface area contributed by atoms with Crippen molar-refractivity contribution in [1.82, 2.24) is 10.4 Å². The summed E-state index contributed by atoms with van der Waals surface area (Å²) in [5.41, 5.74) is -4.22. The monoisotopic (exact) mass is 768 g/mol. The number of carbonyl (C=O) groups excluding carboxylic acids is 7. The van der Waals surface area contributed by atoms with E-state index < -0.39 is 119 Å². The van der Waals surface area contributed by atoms with E-state index in [4.69, 9.17) is 19.0 Å². The van der Waals surface area contributed by atoms with Crippen LogP contribution in [0.3, 0.4) is 0 Å². The number of Topliss-reactive ketones (excluding diaryl/α,β-unsaturated/α-hetero) is 1. The number of hydrogen-bond donors (Lipinski definition) is 6. The largest absolute Gasteiger partial charge is 0.507 e. The first-order valence-corrected chi connectivity index (χ1v) is 17.7. The highest BCUT2D eigenvalue weighted by molar-refractivity contribution is 6.31. The summed E-state index contributed by atoms with van der Waals surface area (Å²) in [5, 5.41) is 58.5. The zero-order chi connectivity index (χ0) is 39.9. The van der Waals surface area contributed by atoms with Gasteiger partial charge in [-0.15, -0.1) is 5.06 Å². The van der Waals surface area contributed by atoms with Crippen LogP contribution in [0, 0.1) is 0 Å². The van der Waals surface area contributed by atoms with Gasteiger partial charge < -0.3 is 49.9 Å². The van der Waals surface area contributed by atoms with Crippen molar-refractivity contribution in [3.8, 4) is 17.2 Å². The molecule has 2 aliphatic carbocycles. The molecule has 6 rings (SSSR count). The number of aromatic hydroxyl groups is 2. The van der Waals surface area contributed by atoms with Gasteiger partial charge in [-0.2, -0.15) is 0 Å². The third-order valence-electron chi connectivity index (χ3n) is 10.3. The van der Waals surface area contributed by atoms with Gasteiger partial charge in [-0.25, -0.2) is 4.79 Å². The molecule has 4 aliphatic rings. The summed E-state index contributed by atoms with van der Waals surface area (Å²) in [6, 6.07) is 3.30. The van der Waals surface area contributed by atoms with Gasteiger partial charge in [0.15, 0.2) is 17.9 Å². The lowest BCUT2D eigenvalue weighted by molar-refractivity contribution is -0.249. The molecule has 2 heterocycles. The molecular formula is C37H40N2O16. The number of carbonyl (C=O) groups is 7. The highest BCUT2D eigenvalue weighted by atomic mass is 16.7. The summed E-state index contributed by atoms with van der Waals surface area (Å²) in [5.74, 6) is -6.75.